The monoisotopic (exact) mass is 791 g/mol. The van der Waals surface area contributed by atoms with Crippen molar-refractivity contribution in [2.24, 2.45) is 0 Å². The number of para-hydroxylation sites is 2. The predicted molar refractivity (Wildman–Crippen MR) is 261 cm³/mol. The fourth-order valence-corrected chi connectivity index (χ4v) is 8.93. The highest BCUT2D eigenvalue weighted by molar-refractivity contribution is 6.14. The van der Waals surface area contributed by atoms with E-state index in [2.05, 4.69) is 248 Å². The van der Waals surface area contributed by atoms with Crippen LogP contribution in [0.3, 0.4) is 0 Å². The molecule has 10 aromatic carbocycles. The number of benzene rings is 10. The molecule has 11 aromatic rings. The molecule has 0 unspecified atom stereocenters. The van der Waals surface area contributed by atoms with E-state index in [0.717, 1.165) is 61.3 Å². The molecule has 1 heterocycles. The third-order valence-electron chi connectivity index (χ3n) is 11.9. The summed E-state index contributed by atoms with van der Waals surface area (Å²) in [6.45, 7) is 0. The summed E-state index contributed by atoms with van der Waals surface area (Å²) in [6.07, 6.45) is 0. The quantitative estimate of drug-likeness (QED) is 0.145. The zero-order chi connectivity index (χ0) is 41.2. The average molecular weight is 792 g/mol. The highest BCUT2D eigenvalue weighted by Gasteiger charge is 2.24. The molecule has 0 saturated heterocycles. The van der Waals surface area contributed by atoms with Gasteiger partial charge in [0.1, 0.15) is 11.2 Å². The third kappa shape index (κ3) is 6.84. The maximum Gasteiger partial charge on any atom is 0.137 e. The second-order valence-electron chi connectivity index (χ2n) is 15.6. The van der Waals surface area contributed by atoms with Gasteiger partial charge in [0, 0.05) is 16.6 Å². The van der Waals surface area contributed by atoms with Crippen molar-refractivity contribution in [3.63, 3.8) is 0 Å². The van der Waals surface area contributed by atoms with Crippen LogP contribution in [0.5, 0.6) is 0 Å². The van der Waals surface area contributed by atoms with Crippen molar-refractivity contribution < 1.29 is 4.42 Å². The molecule has 2 heteroatoms. The summed E-state index contributed by atoms with van der Waals surface area (Å²) in [7, 11) is 0. The fourth-order valence-electron chi connectivity index (χ4n) is 8.93. The number of furan rings is 1. The SMILES string of the molecule is c1ccc(-c2ccc(-c3ccc(N(c4ccccc4-c4ccccc4-c4cc(-c5ccccc5)ccc4-c4ccccc4)c4cccc5oc6ccccc6c45)cc3)cc2)cc1. The summed E-state index contributed by atoms with van der Waals surface area (Å²) < 4.78 is 6.50. The van der Waals surface area contributed by atoms with Gasteiger partial charge in [-0.25, -0.2) is 0 Å². The first kappa shape index (κ1) is 36.8. The fraction of sp³-hybridized carbons (Fsp3) is 0. The lowest BCUT2D eigenvalue weighted by atomic mass is 9.87. The topological polar surface area (TPSA) is 16.4 Å². The first-order chi connectivity index (χ1) is 30.8. The van der Waals surface area contributed by atoms with Crippen molar-refractivity contribution in [2.75, 3.05) is 4.90 Å². The van der Waals surface area contributed by atoms with Crippen molar-refractivity contribution >= 4 is 39.0 Å². The zero-order valence-electron chi connectivity index (χ0n) is 34.0. The van der Waals surface area contributed by atoms with Gasteiger partial charge in [-0.15, -0.1) is 0 Å². The van der Waals surface area contributed by atoms with Crippen LogP contribution in [0.4, 0.5) is 17.1 Å². The van der Waals surface area contributed by atoms with Crippen LogP contribution in [0, 0.1) is 0 Å². The summed E-state index contributed by atoms with van der Waals surface area (Å²) in [6, 6.07) is 89.1. The Morgan fingerprint density at radius 2 is 0.710 bits per heavy atom. The maximum absolute atomic E-state index is 6.50. The second-order valence-corrected chi connectivity index (χ2v) is 15.6. The Balaban J connectivity index is 1.10. The first-order valence-electron chi connectivity index (χ1n) is 21.2. The smallest absolute Gasteiger partial charge is 0.137 e. The van der Waals surface area contributed by atoms with Crippen molar-refractivity contribution in [1.29, 1.82) is 0 Å². The van der Waals surface area contributed by atoms with Crippen LogP contribution in [0.1, 0.15) is 0 Å². The Labute approximate surface area is 362 Å². The lowest BCUT2D eigenvalue weighted by Gasteiger charge is -2.29. The van der Waals surface area contributed by atoms with Crippen LogP contribution in [-0.2, 0) is 0 Å². The molecule has 0 saturated carbocycles. The molecule has 1 aromatic heterocycles. The molecule has 0 radical (unpaired) electrons. The van der Waals surface area contributed by atoms with Gasteiger partial charge in [-0.05, 0) is 104 Å². The van der Waals surface area contributed by atoms with E-state index >= 15 is 0 Å². The minimum atomic E-state index is 0.854. The third-order valence-corrected chi connectivity index (χ3v) is 11.9. The highest BCUT2D eigenvalue weighted by Crippen LogP contribution is 2.48. The van der Waals surface area contributed by atoms with E-state index in [1.807, 2.05) is 6.07 Å². The Kier molecular flexibility index (Phi) is 9.57. The van der Waals surface area contributed by atoms with Crippen LogP contribution in [0.25, 0.3) is 88.7 Å². The van der Waals surface area contributed by atoms with E-state index in [0.29, 0.717) is 0 Å². The van der Waals surface area contributed by atoms with Gasteiger partial charge in [-0.1, -0.05) is 206 Å². The van der Waals surface area contributed by atoms with Gasteiger partial charge in [0.2, 0.25) is 0 Å². The van der Waals surface area contributed by atoms with Gasteiger partial charge in [-0.3, -0.25) is 0 Å². The number of rotatable bonds is 9. The molecule has 62 heavy (non-hydrogen) atoms. The van der Waals surface area contributed by atoms with Crippen LogP contribution in [0.2, 0.25) is 0 Å². The molecule has 0 aliphatic carbocycles. The molecule has 0 N–H and O–H groups in total. The molecule has 292 valence electrons. The molecule has 0 atom stereocenters. The van der Waals surface area contributed by atoms with Crippen LogP contribution >= 0.6 is 0 Å². The van der Waals surface area contributed by atoms with E-state index in [4.69, 9.17) is 4.42 Å². The van der Waals surface area contributed by atoms with E-state index in [9.17, 15) is 0 Å². The normalized spacial score (nSPS) is 11.2. The molecule has 0 amide bonds. The molecule has 0 aliphatic heterocycles. The minimum absolute atomic E-state index is 0.854. The van der Waals surface area contributed by atoms with Gasteiger partial charge in [0.15, 0.2) is 0 Å². The molecule has 11 rings (SSSR count). The van der Waals surface area contributed by atoms with Crippen molar-refractivity contribution in [2.45, 2.75) is 0 Å². The van der Waals surface area contributed by atoms with Gasteiger partial charge in [0.05, 0.1) is 16.8 Å². The van der Waals surface area contributed by atoms with E-state index in [1.165, 1.54) is 44.5 Å². The lowest BCUT2D eigenvalue weighted by molar-refractivity contribution is 0.669. The molecule has 0 aliphatic rings. The van der Waals surface area contributed by atoms with E-state index in [-0.39, 0.29) is 0 Å². The number of nitrogens with zero attached hydrogens (tertiary/aromatic N) is 1. The Morgan fingerprint density at radius 3 is 1.37 bits per heavy atom. The minimum Gasteiger partial charge on any atom is -0.456 e. The Hall–Kier alpha value is -8.20. The lowest BCUT2D eigenvalue weighted by Crippen LogP contribution is -2.11. The summed E-state index contributed by atoms with van der Waals surface area (Å²) in [5.41, 5.74) is 19.0. The number of hydrogen-bond acceptors (Lipinski definition) is 2. The maximum atomic E-state index is 6.50. The molecular weight excluding hydrogens is 751 g/mol. The standard InChI is InChI=1S/C60H41NO/c1-4-17-42(18-5-1)44-31-33-45(34-32-44)46-35-38-49(39-36-46)61(57-28-16-30-59-60(57)54-26-13-15-29-58(54)62-59)56-27-14-12-25-53(56)51-23-10-11-24-52(51)55-41-48(43-19-6-2-7-20-43)37-40-50(55)47-21-8-3-9-22-47/h1-41H. The summed E-state index contributed by atoms with van der Waals surface area (Å²) in [5.74, 6) is 0. The predicted octanol–water partition coefficient (Wildman–Crippen LogP) is 17.1. The van der Waals surface area contributed by atoms with Gasteiger partial charge in [0.25, 0.3) is 0 Å². The Bertz CT molecular complexity index is 3310. The Morgan fingerprint density at radius 1 is 0.258 bits per heavy atom. The number of hydrogen-bond donors (Lipinski definition) is 0. The summed E-state index contributed by atoms with van der Waals surface area (Å²) >= 11 is 0. The molecule has 0 fully saturated rings. The molecular formula is C60H41NO. The molecule has 0 bridgehead atoms. The zero-order valence-corrected chi connectivity index (χ0v) is 34.0. The average Bonchev–Trinajstić information content (AvgIpc) is 3.75. The summed E-state index contributed by atoms with van der Waals surface area (Å²) in [4.78, 5) is 2.41. The van der Waals surface area contributed by atoms with Crippen LogP contribution in [0.15, 0.2) is 253 Å². The van der Waals surface area contributed by atoms with Crippen LogP contribution in [-0.4, -0.2) is 0 Å². The largest absolute Gasteiger partial charge is 0.456 e. The molecule has 2 nitrogen and oxygen atoms in total. The van der Waals surface area contributed by atoms with Gasteiger partial charge >= 0.3 is 0 Å². The molecule has 0 spiro atoms. The number of fused-ring (bicyclic) bond motifs is 3. The van der Waals surface area contributed by atoms with Crippen LogP contribution < -0.4 is 4.90 Å². The van der Waals surface area contributed by atoms with Crippen molar-refractivity contribution in [3.8, 4) is 66.8 Å². The van der Waals surface area contributed by atoms with E-state index in [1.54, 1.807) is 0 Å². The number of anilines is 3. The highest BCUT2D eigenvalue weighted by atomic mass is 16.3. The first-order valence-corrected chi connectivity index (χ1v) is 21.2. The summed E-state index contributed by atoms with van der Waals surface area (Å²) in [5, 5.41) is 2.16. The van der Waals surface area contributed by atoms with Crippen molar-refractivity contribution in [3.05, 3.63) is 249 Å². The van der Waals surface area contributed by atoms with Gasteiger partial charge in [-0.2, -0.15) is 0 Å². The second kappa shape index (κ2) is 16.1. The van der Waals surface area contributed by atoms with Gasteiger partial charge < -0.3 is 9.32 Å². The van der Waals surface area contributed by atoms with Crippen molar-refractivity contribution in [1.82, 2.24) is 0 Å². The van der Waals surface area contributed by atoms with E-state index < -0.39 is 0 Å².